The molecule has 0 unspecified atom stereocenters. The molecule has 0 bridgehead atoms. The number of methoxy groups -OCH3 is 1. The number of carbonyl (C=O) groups is 1. The Kier molecular flexibility index (Phi) is 4.52. The fraction of sp³-hybridized carbons (Fsp3) is 0.667. The summed E-state index contributed by atoms with van der Waals surface area (Å²) in [7, 11) is 1.70. The van der Waals surface area contributed by atoms with Gasteiger partial charge in [-0.05, 0) is 38.7 Å². The van der Waals surface area contributed by atoms with Crippen LogP contribution in [-0.4, -0.2) is 55.9 Å². The van der Waals surface area contributed by atoms with E-state index in [9.17, 15) is 4.79 Å². The van der Waals surface area contributed by atoms with Crippen molar-refractivity contribution in [2.24, 2.45) is 0 Å². The molecule has 26 heavy (non-hydrogen) atoms. The highest BCUT2D eigenvalue weighted by Crippen LogP contribution is 2.39. The van der Waals surface area contributed by atoms with Crippen molar-refractivity contribution in [2.75, 3.05) is 13.7 Å². The maximum atomic E-state index is 12.9. The minimum absolute atomic E-state index is 0.0378. The van der Waals surface area contributed by atoms with Gasteiger partial charge >= 0.3 is 0 Å². The van der Waals surface area contributed by atoms with Gasteiger partial charge in [0.05, 0.1) is 17.8 Å². The van der Waals surface area contributed by atoms with Gasteiger partial charge in [0.1, 0.15) is 5.82 Å². The third kappa shape index (κ3) is 3.25. The second-order valence-corrected chi connectivity index (χ2v) is 7.42. The van der Waals surface area contributed by atoms with Crippen LogP contribution in [0.1, 0.15) is 66.2 Å². The Morgan fingerprint density at radius 1 is 1.27 bits per heavy atom. The maximum absolute atomic E-state index is 12.9. The molecule has 4 rings (SSSR count). The van der Waals surface area contributed by atoms with Crippen LogP contribution in [0.2, 0.25) is 0 Å². The van der Waals surface area contributed by atoms with Crippen molar-refractivity contribution in [3.05, 3.63) is 28.6 Å². The third-order valence-electron chi connectivity index (χ3n) is 5.56. The summed E-state index contributed by atoms with van der Waals surface area (Å²) in [6.07, 6.45) is 4.26. The average Bonchev–Trinajstić information content (AvgIpc) is 3.07. The van der Waals surface area contributed by atoms with Crippen LogP contribution in [0.25, 0.3) is 0 Å². The van der Waals surface area contributed by atoms with E-state index in [1.165, 1.54) is 0 Å². The quantitative estimate of drug-likeness (QED) is 0.822. The molecule has 1 aliphatic heterocycles. The fourth-order valence-corrected chi connectivity index (χ4v) is 3.78. The van der Waals surface area contributed by atoms with E-state index in [1.807, 2.05) is 18.7 Å². The molecule has 2 aliphatic rings. The molecule has 0 radical (unpaired) electrons. The van der Waals surface area contributed by atoms with Crippen LogP contribution in [0.15, 0.2) is 0 Å². The lowest BCUT2D eigenvalue weighted by molar-refractivity contribution is -0.132. The number of carbonyl (C=O) groups excluding carboxylic acids is 1. The zero-order valence-corrected chi connectivity index (χ0v) is 15.6. The van der Waals surface area contributed by atoms with Crippen LogP contribution >= 0.6 is 0 Å². The monoisotopic (exact) mass is 358 g/mol. The molecule has 3 heterocycles. The summed E-state index contributed by atoms with van der Waals surface area (Å²) < 4.78 is 5.53. The van der Waals surface area contributed by atoms with Crippen LogP contribution in [0.5, 0.6) is 0 Å². The lowest BCUT2D eigenvalue weighted by Crippen LogP contribution is -2.32. The van der Waals surface area contributed by atoms with Crippen molar-refractivity contribution in [1.29, 1.82) is 0 Å². The van der Waals surface area contributed by atoms with Gasteiger partial charge in [0.15, 0.2) is 5.82 Å². The van der Waals surface area contributed by atoms with Crippen LogP contribution in [0.3, 0.4) is 0 Å². The van der Waals surface area contributed by atoms with E-state index in [0.29, 0.717) is 25.3 Å². The van der Waals surface area contributed by atoms with Gasteiger partial charge in [-0.25, -0.2) is 4.98 Å². The summed E-state index contributed by atoms with van der Waals surface area (Å²) in [5, 5.41) is 14.6. The van der Waals surface area contributed by atoms with E-state index >= 15 is 0 Å². The average molecular weight is 358 g/mol. The lowest BCUT2D eigenvalue weighted by atomic mass is 10.1. The molecule has 2 aromatic heterocycles. The molecular formula is C18H26N6O2. The second kappa shape index (κ2) is 6.83. The molecule has 1 saturated heterocycles. The number of aromatic amines is 2. The molecule has 1 amide bonds. The maximum Gasteiger partial charge on any atom is 0.223 e. The van der Waals surface area contributed by atoms with Gasteiger partial charge in [-0.15, -0.1) is 0 Å². The highest BCUT2D eigenvalue weighted by Gasteiger charge is 2.39. The van der Waals surface area contributed by atoms with Crippen molar-refractivity contribution in [1.82, 2.24) is 30.3 Å². The molecule has 2 fully saturated rings. The Balaban J connectivity index is 1.47. The largest absolute Gasteiger partial charge is 0.380 e. The first-order chi connectivity index (χ1) is 12.6. The summed E-state index contributed by atoms with van der Waals surface area (Å²) in [5.41, 5.74) is 3.13. The fourth-order valence-electron chi connectivity index (χ4n) is 3.78. The highest BCUT2D eigenvalue weighted by molar-refractivity contribution is 5.77. The van der Waals surface area contributed by atoms with Crippen molar-refractivity contribution < 1.29 is 9.53 Å². The molecule has 1 saturated carbocycles. The Morgan fingerprint density at radius 3 is 2.73 bits per heavy atom. The number of H-pyrrole nitrogens is 2. The number of hydrogen-bond acceptors (Lipinski definition) is 5. The Morgan fingerprint density at radius 2 is 2.08 bits per heavy atom. The van der Waals surface area contributed by atoms with E-state index in [0.717, 1.165) is 47.9 Å². The molecule has 2 N–H and O–H groups in total. The molecule has 0 spiro atoms. The summed E-state index contributed by atoms with van der Waals surface area (Å²) >= 11 is 0. The predicted octanol–water partition coefficient (Wildman–Crippen LogP) is 1.94. The number of amides is 1. The molecule has 1 aliphatic carbocycles. The van der Waals surface area contributed by atoms with E-state index in [1.54, 1.807) is 7.11 Å². The van der Waals surface area contributed by atoms with Crippen molar-refractivity contribution in [3.63, 3.8) is 0 Å². The minimum Gasteiger partial charge on any atom is -0.380 e. The molecule has 8 nitrogen and oxygen atoms in total. The number of hydrogen-bond donors (Lipinski definition) is 2. The molecule has 0 aromatic carbocycles. The van der Waals surface area contributed by atoms with Gasteiger partial charge in [-0.2, -0.15) is 10.2 Å². The van der Waals surface area contributed by atoms with Crippen LogP contribution in [0, 0.1) is 13.8 Å². The minimum atomic E-state index is -0.0843. The molecule has 2 atom stereocenters. The first kappa shape index (κ1) is 17.2. The molecule has 140 valence electrons. The van der Waals surface area contributed by atoms with E-state index in [2.05, 4.69) is 25.4 Å². The number of ether oxygens (including phenoxy) is 1. The second-order valence-electron chi connectivity index (χ2n) is 7.42. The van der Waals surface area contributed by atoms with E-state index < -0.39 is 0 Å². The van der Waals surface area contributed by atoms with E-state index in [-0.39, 0.29) is 18.1 Å². The SMILES string of the molecule is CO[C@@H]1C[C@@H](c2nc(C3CC3)n[nH]2)N(C(=O)CCc2c(C)n[nH]c2C)C1. The number of likely N-dealkylation sites (tertiary alicyclic amines) is 1. The number of nitrogens with one attached hydrogen (secondary N) is 2. The van der Waals surface area contributed by atoms with Crippen LogP contribution in [-0.2, 0) is 16.0 Å². The summed E-state index contributed by atoms with van der Waals surface area (Å²) in [4.78, 5) is 19.5. The smallest absolute Gasteiger partial charge is 0.223 e. The zero-order chi connectivity index (χ0) is 18.3. The van der Waals surface area contributed by atoms with Crippen molar-refractivity contribution >= 4 is 5.91 Å². The van der Waals surface area contributed by atoms with Crippen LogP contribution in [0.4, 0.5) is 0 Å². The lowest BCUT2D eigenvalue weighted by Gasteiger charge is -2.22. The van der Waals surface area contributed by atoms with Crippen molar-refractivity contribution in [3.8, 4) is 0 Å². The molecule has 2 aromatic rings. The molecule has 8 heteroatoms. The summed E-state index contributed by atoms with van der Waals surface area (Å²) in [6.45, 7) is 4.56. The Hall–Kier alpha value is -2.22. The first-order valence-corrected chi connectivity index (χ1v) is 9.31. The van der Waals surface area contributed by atoms with Gasteiger partial charge < -0.3 is 9.64 Å². The number of aromatic nitrogens is 5. The third-order valence-corrected chi connectivity index (χ3v) is 5.56. The molecular weight excluding hydrogens is 332 g/mol. The zero-order valence-electron chi connectivity index (χ0n) is 15.6. The standard InChI is InChI=1S/C18H26N6O2/c1-10-14(11(2)21-20-10)6-7-16(25)24-9-13(26-3)8-15(24)18-19-17(22-23-18)12-4-5-12/h12-13,15H,4-9H2,1-3H3,(H,20,21)(H,19,22,23)/t13-,15+/m1/s1. The summed E-state index contributed by atoms with van der Waals surface area (Å²) in [6, 6.07) is -0.0843. The number of rotatable bonds is 6. The Bertz CT molecular complexity index is 774. The number of nitrogens with zero attached hydrogens (tertiary/aromatic N) is 4. The van der Waals surface area contributed by atoms with Crippen molar-refractivity contribution in [2.45, 2.75) is 64.0 Å². The normalized spacial score (nSPS) is 23.0. The summed E-state index contributed by atoms with van der Waals surface area (Å²) in [5.74, 6) is 2.29. The van der Waals surface area contributed by atoms with Gasteiger partial charge in [0.2, 0.25) is 5.91 Å². The van der Waals surface area contributed by atoms with Gasteiger partial charge in [0, 0.05) is 38.1 Å². The van der Waals surface area contributed by atoms with Gasteiger partial charge in [-0.3, -0.25) is 15.0 Å². The first-order valence-electron chi connectivity index (χ1n) is 9.31. The topological polar surface area (TPSA) is 99.8 Å². The Labute approximate surface area is 152 Å². The van der Waals surface area contributed by atoms with E-state index in [4.69, 9.17) is 4.74 Å². The van der Waals surface area contributed by atoms with Gasteiger partial charge in [-0.1, -0.05) is 0 Å². The highest BCUT2D eigenvalue weighted by atomic mass is 16.5. The predicted molar refractivity (Wildman–Crippen MR) is 94.6 cm³/mol. The number of aryl methyl sites for hydroxylation is 2. The van der Waals surface area contributed by atoms with Gasteiger partial charge in [0.25, 0.3) is 0 Å². The van der Waals surface area contributed by atoms with Crippen LogP contribution < -0.4 is 0 Å².